The molecular formula is C39H66FN3O8. The van der Waals surface area contributed by atoms with Crippen molar-refractivity contribution in [3.63, 3.8) is 0 Å². The van der Waals surface area contributed by atoms with E-state index in [9.17, 15) is 19.2 Å². The summed E-state index contributed by atoms with van der Waals surface area (Å²) in [5.41, 5.74) is -0.674. The maximum absolute atomic E-state index is 15.2. The topological polar surface area (TPSA) is 157 Å². The van der Waals surface area contributed by atoms with Crippen molar-refractivity contribution in [3.05, 3.63) is 22.5 Å². The predicted molar refractivity (Wildman–Crippen MR) is 196 cm³/mol. The largest absolute Gasteiger partial charge is 0.481 e. The molecule has 2 heterocycles. The number of aromatic nitrogens is 2. The number of rotatable bonds is 30. The Kier molecular flexibility index (Phi) is 23.1. The maximum Gasteiger partial charge on any atom is 0.412 e. The fourth-order valence-electron chi connectivity index (χ4n) is 7.21. The quantitative estimate of drug-likeness (QED) is 0.0657. The van der Waals surface area contributed by atoms with Gasteiger partial charge < -0.3 is 19.7 Å². The third kappa shape index (κ3) is 18.9. The summed E-state index contributed by atoms with van der Waals surface area (Å²) in [7, 11) is 0. The minimum atomic E-state index is -0.841. The van der Waals surface area contributed by atoms with Crippen LogP contribution in [0.5, 0.6) is 0 Å². The SMILES string of the molecule is CCCCCOC(=O)Nc1nc(=O)n([C@@H]2O[C@H](C)[C@H](CCCCCCCCCCCC(=O)O)[C@H]2CCCCCCCCCCCC(=O)O)cc1F. The van der Waals surface area contributed by atoms with Crippen molar-refractivity contribution < 1.29 is 38.5 Å². The lowest BCUT2D eigenvalue weighted by molar-refractivity contribution is -0.138. The number of carbonyl (C=O) groups excluding carboxylic acids is 1. The highest BCUT2D eigenvalue weighted by molar-refractivity contribution is 5.83. The van der Waals surface area contributed by atoms with Crippen molar-refractivity contribution in [1.82, 2.24) is 9.55 Å². The number of hydrogen-bond acceptors (Lipinski definition) is 7. The summed E-state index contributed by atoms with van der Waals surface area (Å²) >= 11 is 0. The second-order valence-corrected chi connectivity index (χ2v) is 14.4. The van der Waals surface area contributed by atoms with Gasteiger partial charge in [-0.15, -0.1) is 0 Å². The number of anilines is 1. The van der Waals surface area contributed by atoms with Crippen molar-refractivity contribution in [3.8, 4) is 0 Å². The number of carboxylic acids is 2. The maximum atomic E-state index is 15.2. The lowest BCUT2D eigenvalue weighted by Crippen LogP contribution is -2.32. The highest BCUT2D eigenvalue weighted by atomic mass is 19.1. The number of carboxylic acid groups (broad SMARTS) is 2. The Hall–Kier alpha value is -3.02. The molecule has 1 aliphatic rings. The molecule has 11 nitrogen and oxygen atoms in total. The second kappa shape index (κ2) is 26.7. The van der Waals surface area contributed by atoms with Crippen molar-refractivity contribution in [2.24, 2.45) is 11.8 Å². The standard InChI is InChI=1S/C39H66FN3O8/c1-3-4-23-28-50-39(49)42-36-33(40)29-43(38(48)41-36)37-32(25-20-16-12-8-6-10-14-18-22-27-35(46)47)31(30(2)51-37)24-19-15-11-7-5-9-13-17-21-26-34(44)45/h29-32,37H,3-28H2,1-2H3,(H,44,45)(H,46,47)(H,41,42,48,49)/t30-,31+,32-,37-/m1/s1. The molecule has 0 radical (unpaired) electrons. The highest BCUT2D eigenvalue weighted by Crippen LogP contribution is 2.44. The van der Waals surface area contributed by atoms with Crippen LogP contribution in [0.4, 0.5) is 15.0 Å². The molecule has 0 unspecified atom stereocenters. The van der Waals surface area contributed by atoms with Crippen LogP contribution in [0.3, 0.4) is 0 Å². The van der Waals surface area contributed by atoms with Gasteiger partial charge in [0.1, 0.15) is 6.23 Å². The van der Waals surface area contributed by atoms with E-state index in [2.05, 4.69) is 10.3 Å². The number of nitrogens with zero attached hydrogens (tertiary/aromatic N) is 2. The van der Waals surface area contributed by atoms with Gasteiger partial charge in [0.25, 0.3) is 0 Å². The third-order valence-electron chi connectivity index (χ3n) is 10.1. The molecule has 0 saturated carbocycles. The van der Waals surface area contributed by atoms with Crippen molar-refractivity contribution in [2.45, 2.75) is 187 Å². The Bertz CT molecular complexity index is 1200. The van der Waals surface area contributed by atoms with Gasteiger partial charge >= 0.3 is 23.7 Å². The fourth-order valence-corrected chi connectivity index (χ4v) is 7.21. The van der Waals surface area contributed by atoms with Crippen LogP contribution in [0, 0.1) is 17.7 Å². The molecule has 1 aliphatic heterocycles. The first-order chi connectivity index (χ1) is 24.6. The normalized spacial score (nSPS) is 18.6. The summed E-state index contributed by atoms with van der Waals surface area (Å²) in [5, 5.41) is 19.8. The predicted octanol–water partition coefficient (Wildman–Crippen LogP) is 10.0. The molecule has 3 N–H and O–H groups in total. The van der Waals surface area contributed by atoms with E-state index in [1.54, 1.807) is 0 Å². The van der Waals surface area contributed by atoms with E-state index in [1.807, 2.05) is 13.8 Å². The molecule has 2 rings (SSSR count). The summed E-state index contributed by atoms with van der Waals surface area (Å²) in [4.78, 5) is 50.6. The minimum absolute atomic E-state index is 0.0290. The molecule has 0 bridgehead atoms. The molecule has 1 aromatic rings. The first-order valence-corrected chi connectivity index (χ1v) is 20.0. The number of aliphatic carboxylic acids is 2. The molecule has 292 valence electrons. The Labute approximate surface area is 304 Å². The second-order valence-electron chi connectivity index (χ2n) is 14.4. The Morgan fingerprint density at radius 1 is 0.765 bits per heavy atom. The Morgan fingerprint density at radius 2 is 1.24 bits per heavy atom. The molecule has 0 spiro atoms. The van der Waals surface area contributed by atoms with E-state index >= 15 is 4.39 Å². The summed E-state index contributed by atoms with van der Waals surface area (Å²) < 4.78 is 28.0. The van der Waals surface area contributed by atoms with E-state index in [4.69, 9.17) is 19.7 Å². The van der Waals surface area contributed by atoms with Gasteiger partial charge in [-0.3, -0.25) is 19.5 Å². The molecule has 0 aromatic carbocycles. The zero-order valence-corrected chi connectivity index (χ0v) is 31.4. The van der Waals surface area contributed by atoms with Crippen LogP contribution < -0.4 is 11.0 Å². The number of amides is 1. The smallest absolute Gasteiger partial charge is 0.412 e. The van der Waals surface area contributed by atoms with E-state index in [0.29, 0.717) is 6.42 Å². The van der Waals surface area contributed by atoms with Crippen LogP contribution in [0.25, 0.3) is 0 Å². The van der Waals surface area contributed by atoms with Crippen LogP contribution in [0.2, 0.25) is 0 Å². The lowest BCUT2D eigenvalue weighted by Gasteiger charge is -2.25. The van der Waals surface area contributed by atoms with Crippen LogP contribution in [0.1, 0.15) is 181 Å². The molecule has 1 amide bonds. The van der Waals surface area contributed by atoms with Crippen LogP contribution in [-0.4, -0.2) is 50.5 Å². The summed E-state index contributed by atoms with van der Waals surface area (Å²) in [6, 6.07) is 0. The molecule has 4 atom stereocenters. The Morgan fingerprint density at radius 3 is 1.73 bits per heavy atom. The minimum Gasteiger partial charge on any atom is -0.481 e. The summed E-state index contributed by atoms with van der Waals surface area (Å²) in [6.07, 6.45) is 23.3. The van der Waals surface area contributed by atoms with Gasteiger partial charge in [0.2, 0.25) is 0 Å². The van der Waals surface area contributed by atoms with E-state index in [-0.39, 0.29) is 37.4 Å². The third-order valence-corrected chi connectivity index (χ3v) is 10.1. The number of ether oxygens (including phenoxy) is 2. The molecule has 0 aliphatic carbocycles. The van der Waals surface area contributed by atoms with E-state index in [1.165, 1.54) is 4.57 Å². The van der Waals surface area contributed by atoms with Gasteiger partial charge in [0.05, 0.1) is 18.9 Å². The van der Waals surface area contributed by atoms with Gasteiger partial charge in [0.15, 0.2) is 11.6 Å². The molecule has 1 aromatic heterocycles. The summed E-state index contributed by atoms with van der Waals surface area (Å²) in [6.45, 7) is 4.29. The monoisotopic (exact) mass is 723 g/mol. The fraction of sp³-hybridized carbons (Fsp3) is 0.821. The first kappa shape index (κ1) is 44.1. The number of nitrogens with one attached hydrogen (secondary N) is 1. The van der Waals surface area contributed by atoms with Crippen LogP contribution >= 0.6 is 0 Å². The van der Waals surface area contributed by atoms with Gasteiger partial charge in [-0.1, -0.05) is 122 Å². The highest BCUT2D eigenvalue weighted by Gasteiger charge is 2.43. The molecule has 1 fully saturated rings. The number of halogens is 1. The number of unbranched alkanes of at least 4 members (excludes halogenated alkanes) is 18. The molecule has 51 heavy (non-hydrogen) atoms. The van der Waals surface area contributed by atoms with Crippen molar-refractivity contribution >= 4 is 23.8 Å². The molecular weight excluding hydrogens is 657 g/mol. The van der Waals surface area contributed by atoms with Crippen LogP contribution in [-0.2, 0) is 19.1 Å². The average molecular weight is 724 g/mol. The zero-order chi connectivity index (χ0) is 37.3. The number of hydrogen-bond donors (Lipinski definition) is 3. The van der Waals surface area contributed by atoms with Gasteiger partial charge in [-0.05, 0) is 44.9 Å². The van der Waals surface area contributed by atoms with Gasteiger partial charge in [0, 0.05) is 18.8 Å². The van der Waals surface area contributed by atoms with Gasteiger partial charge in [-0.2, -0.15) is 4.98 Å². The average Bonchev–Trinajstić information content (AvgIpc) is 3.39. The summed E-state index contributed by atoms with van der Waals surface area (Å²) in [5.74, 6) is -2.46. The first-order valence-electron chi connectivity index (χ1n) is 20.0. The zero-order valence-electron chi connectivity index (χ0n) is 31.4. The van der Waals surface area contributed by atoms with Gasteiger partial charge in [-0.25, -0.2) is 14.0 Å². The molecule has 1 saturated heterocycles. The lowest BCUT2D eigenvalue weighted by atomic mass is 9.82. The molecule has 12 heteroatoms. The van der Waals surface area contributed by atoms with Crippen LogP contribution in [0.15, 0.2) is 11.0 Å². The van der Waals surface area contributed by atoms with E-state index in [0.717, 1.165) is 147 Å². The Balaban J connectivity index is 1.93. The van der Waals surface area contributed by atoms with Crippen molar-refractivity contribution in [1.29, 1.82) is 0 Å². The van der Waals surface area contributed by atoms with E-state index < -0.39 is 41.6 Å². The number of carbonyl (C=O) groups is 3. The van der Waals surface area contributed by atoms with Crippen molar-refractivity contribution in [2.75, 3.05) is 11.9 Å².